The first kappa shape index (κ1) is 20.0. The Morgan fingerprint density at radius 3 is 2.67 bits per heavy atom. The maximum Gasteiger partial charge on any atom is 0.266 e. The number of hydrogen-bond acceptors (Lipinski definition) is 5. The van der Waals surface area contributed by atoms with Crippen LogP contribution in [-0.2, 0) is 11.4 Å². The Kier molecular flexibility index (Phi) is 7.38. The van der Waals surface area contributed by atoms with E-state index < -0.39 is 0 Å². The number of carbonyl (C=O) groups is 1. The molecule has 2 aromatic rings. The summed E-state index contributed by atoms with van der Waals surface area (Å²) < 4.78 is 6.62. The number of nitrogens with zero attached hydrogens (tertiary/aromatic N) is 1. The van der Waals surface area contributed by atoms with Crippen molar-refractivity contribution in [3.63, 3.8) is 0 Å². The third-order valence-electron chi connectivity index (χ3n) is 4.05. The van der Waals surface area contributed by atoms with Gasteiger partial charge in [0.15, 0.2) is 0 Å². The van der Waals surface area contributed by atoms with Crippen LogP contribution in [-0.4, -0.2) is 33.7 Å². The van der Waals surface area contributed by atoms with Crippen LogP contribution in [0.4, 0.5) is 0 Å². The second kappa shape index (κ2) is 9.97. The second-order valence-corrected chi connectivity index (χ2v) is 8.65. The second-order valence-electron chi connectivity index (χ2n) is 5.99. The predicted molar refractivity (Wildman–Crippen MR) is 120 cm³/mol. The fourth-order valence-corrected chi connectivity index (χ4v) is 4.38. The molecule has 0 radical (unpaired) electrons. The van der Waals surface area contributed by atoms with Crippen LogP contribution in [0.3, 0.4) is 0 Å². The number of para-hydroxylation sites is 1. The minimum atomic E-state index is -0.0102. The van der Waals surface area contributed by atoms with E-state index in [2.05, 4.69) is 6.26 Å². The molecule has 1 fully saturated rings. The summed E-state index contributed by atoms with van der Waals surface area (Å²) in [4.78, 5) is 15.1. The van der Waals surface area contributed by atoms with Gasteiger partial charge in [0.1, 0.15) is 16.7 Å². The Morgan fingerprint density at radius 1 is 1.15 bits per heavy atom. The van der Waals surface area contributed by atoms with Gasteiger partial charge in [-0.1, -0.05) is 72.5 Å². The molecule has 1 heterocycles. The van der Waals surface area contributed by atoms with Crippen LogP contribution >= 0.6 is 35.7 Å². The van der Waals surface area contributed by atoms with Crippen LogP contribution < -0.4 is 4.74 Å². The molecule has 140 valence electrons. The van der Waals surface area contributed by atoms with E-state index in [-0.39, 0.29) is 5.91 Å². The molecule has 0 aromatic heterocycles. The number of amides is 1. The lowest BCUT2D eigenvalue weighted by molar-refractivity contribution is -0.122. The third-order valence-corrected chi connectivity index (χ3v) is 6.12. The summed E-state index contributed by atoms with van der Waals surface area (Å²) in [5.74, 6) is 1.77. The van der Waals surface area contributed by atoms with E-state index in [0.717, 1.165) is 29.1 Å². The van der Waals surface area contributed by atoms with E-state index in [9.17, 15) is 4.79 Å². The summed E-state index contributed by atoms with van der Waals surface area (Å²) in [5, 5.41) is 0. The van der Waals surface area contributed by atoms with Crippen LogP contribution in [0.25, 0.3) is 6.08 Å². The number of rotatable bonds is 8. The summed E-state index contributed by atoms with van der Waals surface area (Å²) in [6.07, 6.45) is 4.89. The molecule has 0 unspecified atom stereocenters. The van der Waals surface area contributed by atoms with Crippen molar-refractivity contribution < 1.29 is 9.53 Å². The van der Waals surface area contributed by atoms with Crippen molar-refractivity contribution in [2.75, 3.05) is 18.6 Å². The van der Waals surface area contributed by atoms with Gasteiger partial charge in [0.2, 0.25) is 0 Å². The zero-order chi connectivity index (χ0) is 19.1. The van der Waals surface area contributed by atoms with E-state index in [1.807, 2.05) is 60.7 Å². The lowest BCUT2D eigenvalue weighted by Crippen LogP contribution is -2.29. The van der Waals surface area contributed by atoms with Gasteiger partial charge >= 0.3 is 0 Å². The largest absolute Gasteiger partial charge is 0.488 e. The van der Waals surface area contributed by atoms with Gasteiger partial charge in [-0.15, -0.1) is 0 Å². The maximum absolute atomic E-state index is 12.7. The fraction of sp³-hybridized carbons (Fsp3) is 0.238. The van der Waals surface area contributed by atoms with E-state index in [4.69, 9.17) is 17.0 Å². The first-order valence-electron chi connectivity index (χ1n) is 8.69. The molecule has 0 aliphatic carbocycles. The van der Waals surface area contributed by atoms with Crippen LogP contribution in [0.2, 0.25) is 0 Å². The molecule has 0 saturated carbocycles. The highest BCUT2D eigenvalue weighted by molar-refractivity contribution is 8.26. The summed E-state index contributed by atoms with van der Waals surface area (Å²) in [6.45, 7) is 1.16. The molecule has 0 atom stereocenters. The Labute approximate surface area is 174 Å². The number of thioether (sulfide) groups is 2. The van der Waals surface area contributed by atoms with E-state index in [1.165, 1.54) is 11.8 Å². The van der Waals surface area contributed by atoms with E-state index in [1.54, 1.807) is 16.7 Å². The number of thiocarbonyl (C=S) groups is 1. The highest BCUT2D eigenvalue weighted by Gasteiger charge is 2.31. The standard InChI is InChI=1S/C21H21NO2S3/c1-26-13-7-12-22-20(23)19(27-21(22)25)14-17-10-5-6-11-18(17)24-15-16-8-3-2-4-9-16/h2-6,8-11,14H,7,12-13,15H2,1H3/b19-14+. The molecule has 2 aromatic carbocycles. The zero-order valence-electron chi connectivity index (χ0n) is 15.1. The van der Waals surface area contributed by atoms with Crippen molar-refractivity contribution in [3.05, 3.63) is 70.6 Å². The number of carbonyl (C=O) groups excluding carboxylic acids is 1. The Balaban J connectivity index is 1.73. The summed E-state index contributed by atoms with van der Waals surface area (Å²) >= 11 is 8.54. The van der Waals surface area contributed by atoms with Crippen molar-refractivity contribution in [2.45, 2.75) is 13.0 Å². The van der Waals surface area contributed by atoms with Gasteiger partial charge < -0.3 is 4.74 Å². The monoisotopic (exact) mass is 415 g/mol. The number of benzene rings is 2. The third kappa shape index (κ3) is 5.37. The van der Waals surface area contributed by atoms with E-state index in [0.29, 0.717) is 22.4 Å². The zero-order valence-corrected chi connectivity index (χ0v) is 17.5. The van der Waals surface area contributed by atoms with Crippen molar-refractivity contribution in [3.8, 4) is 5.75 Å². The Hall–Kier alpha value is -1.76. The molecule has 0 spiro atoms. The van der Waals surface area contributed by atoms with Gasteiger partial charge in [-0.2, -0.15) is 11.8 Å². The van der Waals surface area contributed by atoms with Crippen molar-refractivity contribution in [1.29, 1.82) is 0 Å². The topological polar surface area (TPSA) is 29.5 Å². The molecule has 3 rings (SSSR count). The molecular formula is C21H21NO2S3. The minimum Gasteiger partial charge on any atom is -0.488 e. The van der Waals surface area contributed by atoms with Crippen LogP contribution in [0.15, 0.2) is 59.5 Å². The smallest absolute Gasteiger partial charge is 0.266 e. The fourth-order valence-electron chi connectivity index (χ4n) is 2.67. The van der Waals surface area contributed by atoms with Crippen molar-refractivity contribution in [2.24, 2.45) is 0 Å². The quantitative estimate of drug-likeness (QED) is 0.335. The van der Waals surface area contributed by atoms with Gasteiger partial charge in [-0.25, -0.2) is 0 Å². The van der Waals surface area contributed by atoms with Crippen LogP contribution in [0.5, 0.6) is 5.75 Å². The molecule has 1 amide bonds. The molecular weight excluding hydrogens is 394 g/mol. The van der Waals surface area contributed by atoms with Crippen LogP contribution in [0.1, 0.15) is 17.5 Å². The number of hydrogen-bond donors (Lipinski definition) is 0. The molecule has 6 heteroatoms. The summed E-state index contributed by atoms with van der Waals surface area (Å²) in [7, 11) is 0. The molecule has 0 N–H and O–H groups in total. The normalized spacial score (nSPS) is 15.6. The lowest BCUT2D eigenvalue weighted by Gasteiger charge is -2.13. The number of ether oxygens (including phenoxy) is 1. The first-order chi connectivity index (χ1) is 13.2. The molecule has 1 aliphatic heterocycles. The average molecular weight is 416 g/mol. The van der Waals surface area contributed by atoms with Crippen LogP contribution in [0, 0.1) is 0 Å². The van der Waals surface area contributed by atoms with Crippen molar-refractivity contribution in [1.82, 2.24) is 4.90 Å². The Morgan fingerprint density at radius 2 is 1.89 bits per heavy atom. The van der Waals surface area contributed by atoms with Gasteiger partial charge in [0.25, 0.3) is 5.91 Å². The van der Waals surface area contributed by atoms with Gasteiger partial charge in [-0.05, 0) is 36.1 Å². The summed E-state index contributed by atoms with van der Waals surface area (Å²) in [6, 6.07) is 17.8. The molecule has 1 saturated heterocycles. The summed E-state index contributed by atoms with van der Waals surface area (Å²) in [5.41, 5.74) is 1.99. The van der Waals surface area contributed by atoms with Gasteiger partial charge in [0.05, 0.1) is 4.91 Å². The van der Waals surface area contributed by atoms with Gasteiger partial charge in [0, 0.05) is 12.1 Å². The maximum atomic E-state index is 12.7. The molecule has 1 aliphatic rings. The highest BCUT2D eigenvalue weighted by Crippen LogP contribution is 2.34. The van der Waals surface area contributed by atoms with E-state index >= 15 is 0 Å². The molecule has 0 bridgehead atoms. The molecule has 27 heavy (non-hydrogen) atoms. The van der Waals surface area contributed by atoms with Crippen molar-refractivity contribution >= 4 is 52.0 Å². The Bertz CT molecular complexity index is 836. The highest BCUT2D eigenvalue weighted by atomic mass is 32.2. The SMILES string of the molecule is CSCCCN1C(=O)/C(=C\c2ccccc2OCc2ccccc2)SC1=S. The molecule has 3 nitrogen and oxygen atoms in total. The predicted octanol–water partition coefficient (Wildman–Crippen LogP) is 5.22. The first-order valence-corrected chi connectivity index (χ1v) is 11.3. The average Bonchev–Trinajstić information content (AvgIpc) is 2.95. The minimum absolute atomic E-state index is 0.0102. The lowest BCUT2D eigenvalue weighted by atomic mass is 10.1. The van der Waals surface area contributed by atoms with Gasteiger partial charge in [-0.3, -0.25) is 9.69 Å².